The Morgan fingerprint density at radius 1 is 1.33 bits per heavy atom. The lowest BCUT2D eigenvalue weighted by atomic mass is 9.91. The summed E-state index contributed by atoms with van der Waals surface area (Å²) in [4.78, 5) is 24.4. The molecule has 4 nitrogen and oxygen atoms in total. The van der Waals surface area contributed by atoms with Crippen molar-refractivity contribution in [3.8, 4) is 0 Å². The number of esters is 1. The molecule has 0 spiro atoms. The predicted molar refractivity (Wildman–Crippen MR) is 79.8 cm³/mol. The SMILES string of the molecule is CCOC(=O)C1=C(c2ccc(Cl)cc2)OC(C)(C)CC1=O. The molecule has 1 aliphatic rings. The van der Waals surface area contributed by atoms with Crippen LogP contribution in [0.3, 0.4) is 0 Å². The Labute approximate surface area is 128 Å². The van der Waals surface area contributed by atoms with Crippen molar-refractivity contribution in [2.75, 3.05) is 6.61 Å². The van der Waals surface area contributed by atoms with E-state index in [2.05, 4.69) is 0 Å². The number of ketones is 1. The summed E-state index contributed by atoms with van der Waals surface area (Å²) < 4.78 is 10.8. The summed E-state index contributed by atoms with van der Waals surface area (Å²) in [6.07, 6.45) is 0.137. The van der Waals surface area contributed by atoms with Gasteiger partial charge >= 0.3 is 5.97 Å². The summed E-state index contributed by atoms with van der Waals surface area (Å²) in [5, 5.41) is 0.568. The van der Waals surface area contributed by atoms with E-state index in [-0.39, 0.29) is 30.1 Å². The van der Waals surface area contributed by atoms with Gasteiger partial charge in [0, 0.05) is 10.6 Å². The van der Waals surface area contributed by atoms with Crippen LogP contribution in [-0.2, 0) is 19.1 Å². The minimum atomic E-state index is -0.665. The summed E-state index contributed by atoms with van der Waals surface area (Å²) in [5.41, 5.74) is -0.0655. The van der Waals surface area contributed by atoms with Gasteiger partial charge in [-0.2, -0.15) is 0 Å². The van der Waals surface area contributed by atoms with Gasteiger partial charge in [-0.25, -0.2) is 4.79 Å². The highest BCUT2D eigenvalue weighted by atomic mass is 35.5. The lowest BCUT2D eigenvalue weighted by Crippen LogP contribution is -2.36. The van der Waals surface area contributed by atoms with E-state index >= 15 is 0 Å². The third-order valence-electron chi connectivity index (χ3n) is 3.06. The maximum atomic E-state index is 12.3. The second kappa shape index (κ2) is 5.90. The van der Waals surface area contributed by atoms with E-state index in [9.17, 15) is 9.59 Å². The normalized spacial score (nSPS) is 17.4. The van der Waals surface area contributed by atoms with E-state index < -0.39 is 11.6 Å². The fourth-order valence-corrected chi connectivity index (χ4v) is 2.31. The zero-order chi connectivity index (χ0) is 15.6. The molecular weight excluding hydrogens is 292 g/mol. The van der Waals surface area contributed by atoms with E-state index in [0.29, 0.717) is 10.6 Å². The molecular formula is C16H17ClO4. The Hall–Kier alpha value is -1.81. The molecule has 2 rings (SSSR count). The van der Waals surface area contributed by atoms with E-state index in [1.54, 1.807) is 31.2 Å². The average molecular weight is 309 g/mol. The third kappa shape index (κ3) is 3.45. The molecule has 0 saturated heterocycles. The summed E-state index contributed by atoms with van der Waals surface area (Å²) >= 11 is 5.87. The molecule has 21 heavy (non-hydrogen) atoms. The van der Waals surface area contributed by atoms with Gasteiger partial charge in [-0.15, -0.1) is 0 Å². The number of hydrogen-bond donors (Lipinski definition) is 0. The molecule has 0 N–H and O–H groups in total. The highest BCUT2D eigenvalue weighted by molar-refractivity contribution is 6.30. The van der Waals surface area contributed by atoms with Crippen LogP contribution >= 0.6 is 11.6 Å². The fourth-order valence-electron chi connectivity index (χ4n) is 2.18. The van der Waals surface area contributed by atoms with Crippen molar-refractivity contribution in [3.63, 3.8) is 0 Å². The number of carbonyl (C=O) groups is 2. The Morgan fingerprint density at radius 2 is 1.95 bits per heavy atom. The largest absolute Gasteiger partial charge is 0.486 e. The van der Waals surface area contributed by atoms with Crippen molar-refractivity contribution in [1.29, 1.82) is 0 Å². The second-order valence-corrected chi connectivity index (χ2v) is 5.83. The molecule has 1 aliphatic heterocycles. The molecule has 0 fully saturated rings. The summed E-state index contributed by atoms with van der Waals surface area (Å²) in [6.45, 7) is 5.51. The molecule has 0 atom stereocenters. The lowest BCUT2D eigenvalue weighted by molar-refractivity contribution is -0.141. The summed E-state index contributed by atoms with van der Waals surface area (Å²) in [7, 11) is 0. The van der Waals surface area contributed by atoms with Crippen LogP contribution in [0.1, 0.15) is 32.8 Å². The molecule has 1 aromatic carbocycles. The Bertz CT molecular complexity index is 599. The first kappa shape index (κ1) is 15.6. The molecule has 1 heterocycles. The van der Waals surface area contributed by atoms with Gasteiger partial charge in [-0.05, 0) is 45.0 Å². The van der Waals surface area contributed by atoms with Crippen LogP contribution in [0.15, 0.2) is 29.8 Å². The van der Waals surface area contributed by atoms with Gasteiger partial charge in [0.1, 0.15) is 16.9 Å². The molecule has 0 saturated carbocycles. The van der Waals surface area contributed by atoms with E-state index in [1.165, 1.54) is 0 Å². The van der Waals surface area contributed by atoms with Crippen LogP contribution in [-0.4, -0.2) is 24.0 Å². The predicted octanol–water partition coefficient (Wildman–Crippen LogP) is 3.38. The number of benzene rings is 1. The van der Waals surface area contributed by atoms with Gasteiger partial charge in [0.25, 0.3) is 0 Å². The number of rotatable bonds is 3. The molecule has 0 aromatic heterocycles. The number of halogens is 1. The van der Waals surface area contributed by atoms with Crippen LogP contribution in [0.2, 0.25) is 5.02 Å². The maximum Gasteiger partial charge on any atom is 0.345 e. The van der Waals surface area contributed by atoms with Crippen molar-refractivity contribution in [1.82, 2.24) is 0 Å². The third-order valence-corrected chi connectivity index (χ3v) is 3.31. The molecule has 0 radical (unpaired) electrons. The quantitative estimate of drug-likeness (QED) is 0.634. The fraction of sp³-hybridized carbons (Fsp3) is 0.375. The highest BCUT2D eigenvalue weighted by Gasteiger charge is 2.38. The topological polar surface area (TPSA) is 52.6 Å². The zero-order valence-corrected chi connectivity index (χ0v) is 13.0. The van der Waals surface area contributed by atoms with Crippen LogP contribution in [0, 0.1) is 0 Å². The van der Waals surface area contributed by atoms with Crippen molar-refractivity contribution in [2.24, 2.45) is 0 Å². The Morgan fingerprint density at radius 3 is 2.52 bits per heavy atom. The van der Waals surface area contributed by atoms with Crippen LogP contribution in [0.4, 0.5) is 0 Å². The lowest BCUT2D eigenvalue weighted by Gasteiger charge is -2.32. The monoisotopic (exact) mass is 308 g/mol. The molecule has 1 aromatic rings. The first-order valence-corrected chi connectivity index (χ1v) is 7.11. The minimum Gasteiger partial charge on any atom is -0.486 e. The minimum absolute atomic E-state index is 0.0292. The van der Waals surface area contributed by atoms with Gasteiger partial charge in [0.05, 0.1) is 13.0 Å². The number of ether oxygens (including phenoxy) is 2. The highest BCUT2D eigenvalue weighted by Crippen LogP contribution is 2.35. The van der Waals surface area contributed by atoms with Crippen LogP contribution in [0.5, 0.6) is 0 Å². The first-order chi connectivity index (χ1) is 9.84. The van der Waals surface area contributed by atoms with Gasteiger partial charge in [-0.3, -0.25) is 4.79 Å². The van der Waals surface area contributed by atoms with E-state index in [0.717, 1.165) is 0 Å². The first-order valence-electron chi connectivity index (χ1n) is 6.73. The number of hydrogen-bond acceptors (Lipinski definition) is 4. The van der Waals surface area contributed by atoms with Gasteiger partial charge in [0.2, 0.25) is 0 Å². The van der Waals surface area contributed by atoms with E-state index in [1.807, 2.05) is 13.8 Å². The average Bonchev–Trinajstić information content (AvgIpc) is 2.37. The molecule has 5 heteroatoms. The number of carbonyl (C=O) groups excluding carboxylic acids is 2. The summed E-state index contributed by atoms with van der Waals surface area (Å²) in [5.74, 6) is -0.663. The smallest absolute Gasteiger partial charge is 0.345 e. The summed E-state index contributed by atoms with van der Waals surface area (Å²) in [6, 6.07) is 6.79. The Kier molecular flexibility index (Phi) is 4.37. The van der Waals surface area contributed by atoms with Crippen molar-refractivity contribution in [2.45, 2.75) is 32.8 Å². The Balaban J connectivity index is 2.55. The molecule has 0 aliphatic carbocycles. The van der Waals surface area contributed by atoms with Crippen LogP contribution < -0.4 is 0 Å². The van der Waals surface area contributed by atoms with E-state index in [4.69, 9.17) is 21.1 Å². The van der Waals surface area contributed by atoms with Crippen molar-refractivity contribution in [3.05, 3.63) is 40.4 Å². The van der Waals surface area contributed by atoms with Gasteiger partial charge in [0.15, 0.2) is 5.78 Å². The molecule has 112 valence electrons. The second-order valence-electron chi connectivity index (χ2n) is 5.39. The van der Waals surface area contributed by atoms with Crippen molar-refractivity contribution >= 4 is 29.1 Å². The van der Waals surface area contributed by atoms with Gasteiger partial charge in [-0.1, -0.05) is 11.6 Å². The molecule has 0 unspecified atom stereocenters. The van der Waals surface area contributed by atoms with Gasteiger partial charge < -0.3 is 9.47 Å². The maximum absolute atomic E-state index is 12.3. The van der Waals surface area contributed by atoms with Crippen LogP contribution in [0.25, 0.3) is 5.76 Å². The zero-order valence-electron chi connectivity index (χ0n) is 12.2. The molecule has 0 amide bonds. The molecule has 0 bridgehead atoms. The van der Waals surface area contributed by atoms with Crippen molar-refractivity contribution < 1.29 is 19.1 Å². The number of Topliss-reactive ketones (excluding diaryl/α,β-unsaturated/α-hetero) is 1. The standard InChI is InChI=1S/C16H17ClO4/c1-4-20-15(19)13-12(18)9-16(2,3)21-14(13)10-5-7-11(17)8-6-10/h5-8H,4,9H2,1-3H3.